The number of fused-ring (bicyclic) bond motifs is 2. The number of H-pyrrole nitrogens is 1. The third-order valence-electron chi connectivity index (χ3n) is 9.31. The van der Waals surface area contributed by atoms with Gasteiger partial charge in [-0.2, -0.15) is 0 Å². The van der Waals surface area contributed by atoms with Crippen LogP contribution in [0.5, 0.6) is 0 Å². The Bertz CT molecular complexity index is 1630. The van der Waals surface area contributed by atoms with E-state index in [2.05, 4.69) is 42.0 Å². The van der Waals surface area contributed by atoms with Crippen molar-refractivity contribution < 1.29 is 9.18 Å². The van der Waals surface area contributed by atoms with E-state index in [-0.39, 0.29) is 22.9 Å². The van der Waals surface area contributed by atoms with Gasteiger partial charge in [0.25, 0.3) is 5.91 Å². The van der Waals surface area contributed by atoms with E-state index in [1.807, 2.05) is 30.3 Å². The van der Waals surface area contributed by atoms with Crippen LogP contribution in [0.2, 0.25) is 0 Å². The molecule has 8 heteroatoms. The standard InChI is InChI=1S/C35H41FN4O2S/c1-35(2,3)27-9-10-29-25(19-27)18-26-20-31(43-34(26)39-29)33(42)38-30(14-17-40-15-12-28(36)13-16-40)23-6-4-22(5-7-23)24-8-11-32(41)37-21-24/h4-8,11,18,20-21,27-28,30H,9-10,12-17,19H2,1-3H3,(H,37,41)(H,38,42)/t27-,30+/m0/s1. The van der Waals surface area contributed by atoms with Crippen molar-refractivity contribution in [1.82, 2.24) is 20.2 Å². The van der Waals surface area contributed by atoms with Gasteiger partial charge in [-0.3, -0.25) is 9.59 Å². The molecule has 6 nitrogen and oxygen atoms in total. The molecule has 1 aliphatic heterocycles. The molecule has 1 aromatic carbocycles. The number of thiophene rings is 1. The maximum atomic E-state index is 13.7. The van der Waals surface area contributed by atoms with Gasteiger partial charge in [0.15, 0.2) is 0 Å². The van der Waals surface area contributed by atoms with Gasteiger partial charge in [0, 0.05) is 43.0 Å². The van der Waals surface area contributed by atoms with E-state index < -0.39 is 6.17 Å². The number of aryl methyl sites for hydroxylation is 1. The predicted octanol–water partition coefficient (Wildman–Crippen LogP) is 7.10. The molecule has 1 fully saturated rings. The molecule has 1 aliphatic carbocycles. The van der Waals surface area contributed by atoms with Crippen LogP contribution in [-0.4, -0.2) is 46.6 Å². The van der Waals surface area contributed by atoms with Gasteiger partial charge < -0.3 is 15.2 Å². The Morgan fingerprint density at radius 2 is 1.84 bits per heavy atom. The first-order valence-electron chi connectivity index (χ1n) is 15.5. The third kappa shape index (κ3) is 6.91. The van der Waals surface area contributed by atoms with Gasteiger partial charge in [0.2, 0.25) is 5.56 Å². The Labute approximate surface area is 256 Å². The number of nitrogens with zero attached hydrogens (tertiary/aromatic N) is 2. The number of hydrogen-bond acceptors (Lipinski definition) is 5. The molecule has 2 aliphatic rings. The fourth-order valence-electron chi connectivity index (χ4n) is 6.46. The molecule has 4 heterocycles. The highest BCUT2D eigenvalue weighted by molar-refractivity contribution is 7.20. The molecule has 0 saturated carbocycles. The fourth-order valence-corrected chi connectivity index (χ4v) is 7.40. The van der Waals surface area contributed by atoms with E-state index in [0.717, 1.165) is 72.2 Å². The minimum absolute atomic E-state index is 0.0919. The van der Waals surface area contributed by atoms with Crippen LogP contribution in [0.3, 0.4) is 0 Å². The number of aromatic amines is 1. The molecule has 0 bridgehead atoms. The lowest BCUT2D eigenvalue weighted by molar-refractivity contribution is 0.0931. The monoisotopic (exact) mass is 600 g/mol. The number of hydrogen-bond donors (Lipinski definition) is 2. The first-order valence-corrected chi connectivity index (χ1v) is 16.3. The van der Waals surface area contributed by atoms with Crippen LogP contribution >= 0.6 is 11.3 Å². The second-order valence-electron chi connectivity index (χ2n) is 13.3. The summed E-state index contributed by atoms with van der Waals surface area (Å²) in [5, 5.41) is 4.36. The lowest BCUT2D eigenvalue weighted by Crippen LogP contribution is -2.37. The summed E-state index contributed by atoms with van der Waals surface area (Å²) in [6.45, 7) is 9.23. The van der Waals surface area contributed by atoms with Gasteiger partial charge >= 0.3 is 0 Å². The highest BCUT2D eigenvalue weighted by Crippen LogP contribution is 2.38. The molecular formula is C35H41FN4O2S. The van der Waals surface area contributed by atoms with Crippen molar-refractivity contribution in [2.24, 2.45) is 11.3 Å². The number of carbonyl (C=O) groups excluding carboxylic acids is 1. The SMILES string of the molecule is CC(C)(C)[C@H]1CCc2nc3sc(C(=O)N[C@H](CCN4CCC(F)CC4)c4ccc(-c5ccc(=O)[nH]c5)cc4)cc3cc2C1. The first kappa shape index (κ1) is 29.7. The largest absolute Gasteiger partial charge is 0.344 e. The quantitative estimate of drug-likeness (QED) is 0.237. The lowest BCUT2D eigenvalue weighted by atomic mass is 9.71. The molecule has 2 N–H and O–H groups in total. The van der Waals surface area contributed by atoms with E-state index in [9.17, 15) is 14.0 Å². The summed E-state index contributed by atoms with van der Waals surface area (Å²) in [7, 11) is 0. The Balaban J connectivity index is 1.21. The van der Waals surface area contributed by atoms with Gasteiger partial charge in [-0.05, 0) is 90.3 Å². The molecule has 1 amide bonds. The van der Waals surface area contributed by atoms with E-state index >= 15 is 0 Å². The Morgan fingerprint density at radius 3 is 2.53 bits per heavy atom. The molecule has 4 aromatic rings. The minimum atomic E-state index is -0.709. The molecule has 0 spiro atoms. The highest BCUT2D eigenvalue weighted by Gasteiger charge is 2.30. The zero-order valence-electron chi connectivity index (χ0n) is 25.3. The average molecular weight is 601 g/mol. The fraction of sp³-hybridized carbons (Fsp3) is 0.457. The van der Waals surface area contributed by atoms with E-state index in [1.165, 1.54) is 28.7 Å². The summed E-state index contributed by atoms with van der Waals surface area (Å²) in [5.41, 5.74) is 5.57. The first-order chi connectivity index (χ1) is 20.6. The molecule has 1 saturated heterocycles. The van der Waals surface area contributed by atoms with Gasteiger partial charge in [0.05, 0.1) is 10.9 Å². The van der Waals surface area contributed by atoms with Crippen LogP contribution in [0.1, 0.15) is 79.0 Å². The van der Waals surface area contributed by atoms with Crippen LogP contribution in [0.4, 0.5) is 4.39 Å². The number of rotatable bonds is 7. The van der Waals surface area contributed by atoms with Crippen molar-refractivity contribution >= 4 is 27.5 Å². The molecule has 43 heavy (non-hydrogen) atoms. The van der Waals surface area contributed by atoms with Crippen molar-refractivity contribution in [1.29, 1.82) is 0 Å². The second kappa shape index (κ2) is 12.3. The summed E-state index contributed by atoms with van der Waals surface area (Å²) in [4.78, 5) is 36.8. The van der Waals surface area contributed by atoms with E-state index in [0.29, 0.717) is 23.6 Å². The van der Waals surface area contributed by atoms with Crippen molar-refractivity contribution in [3.8, 4) is 11.1 Å². The predicted molar refractivity (Wildman–Crippen MR) is 172 cm³/mol. The molecule has 6 rings (SSSR count). The molecule has 3 aromatic heterocycles. The van der Waals surface area contributed by atoms with E-state index in [4.69, 9.17) is 4.98 Å². The summed E-state index contributed by atoms with van der Waals surface area (Å²) < 4.78 is 13.7. The molecular weight excluding hydrogens is 559 g/mol. The van der Waals surface area contributed by atoms with Gasteiger partial charge in [-0.15, -0.1) is 11.3 Å². The minimum Gasteiger partial charge on any atom is -0.344 e. The van der Waals surface area contributed by atoms with Crippen LogP contribution in [0, 0.1) is 11.3 Å². The summed E-state index contributed by atoms with van der Waals surface area (Å²) in [6.07, 6.45) is 6.05. The Hall–Kier alpha value is -3.36. The normalized spacial score (nSPS) is 18.8. The average Bonchev–Trinajstić information content (AvgIpc) is 3.41. The Morgan fingerprint density at radius 1 is 1.09 bits per heavy atom. The van der Waals surface area contributed by atoms with Crippen LogP contribution in [0.15, 0.2) is 59.5 Å². The third-order valence-corrected chi connectivity index (χ3v) is 10.4. The molecule has 2 atom stereocenters. The smallest absolute Gasteiger partial charge is 0.261 e. The van der Waals surface area contributed by atoms with Crippen molar-refractivity contribution in [2.75, 3.05) is 19.6 Å². The zero-order valence-corrected chi connectivity index (χ0v) is 26.1. The van der Waals surface area contributed by atoms with Crippen molar-refractivity contribution in [3.63, 3.8) is 0 Å². The Kier molecular flexibility index (Phi) is 8.51. The highest BCUT2D eigenvalue weighted by atomic mass is 32.1. The van der Waals surface area contributed by atoms with Crippen molar-refractivity contribution in [2.45, 2.75) is 71.5 Å². The number of alkyl halides is 1. The van der Waals surface area contributed by atoms with Gasteiger partial charge in [-0.25, -0.2) is 9.37 Å². The van der Waals surface area contributed by atoms with Gasteiger partial charge in [-0.1, -0.05) is 45.0 Å². The number of amides is 1. The number of halogens is 1. The topological polar surface area (TPSA) is 78.1 Å². The molecule has 0 unspecified atom stereocenters. The van der Waals surface area contributed by atoms with Crippen LogP contribution in [0.25, 0.3) is 21.3 Å². The maximum Gasteiger partial charge on any atom is 0.261 e. The van der Waals surface area contributed by atoms with Crippen molar-refractivity contribution in [3.05, 3.63) is 86.8 Å². The number of pyridine rings is 2. The number of aromatic nitrogens is 2. The maximum absolute atomic E-state index is 13.7. The summed E-state index contributed by atoms with van der Waals surface area (Å²) in [6, 6.07) is 15.5. The second-order valence-corrected chi connectivity index (χ2v) is 14.3. The number of piperidine rings is 1. The summed E-state index contributed by atoms with van der Waals surface area (Å²) in [5.74, 6) is 0.540. The van der Waals surface area contributed by atoms with Gasteiger partial charge in [0.1, 0.15) is 11.0 Å². The molecule has 0 radical (unpaired) electrons. The number of nitrogens with one attached hydrogen (secondary N) is 2. The lowest BCUT2D eigenvalue weighted by Gasteiger charge is -2.34. The van der Waals surface area contributed by atoms with E-state index in [1.54, 1.807) is 12.3 Å². The summed E-state index contributed by atoms with van der Waals surface area (Å²) >= 11 is 1.46. The zero-order chi connectivity index (χ0) is 30.1. The molecule has 226 valence electrons. The number of carbonyl (C=O) groups is 1. The van der Waals surface area contributed by atoms with Crippen LogP contribution < -0.4 is 10.9 Å². The number of benzene rings is 1. The van der Waals surface area contributed by atoms with Crippen LogP contribution in [-0.2, 0) is 12.8 Å². The number of likely N-dealkylation sites (tertiary alicyclic amines) is 1.